The number of hydrogen-bond donors (Lipinski definition) is 0. The van der Waals surface area contributed by atoms with Crippen LogP contribution < -0.4 is 27.3 Å². The van der Waals surface area contributed by atoms with Gasteiger partial charge in [0.05, 0.1) is 5.30 Å². The number of amidine groups is 8. The Kier molecular flexibility index (Phi) is 10.3. The third kappa shape index (κ3) is 7.04. The summed E-state index contributed by atoms with van der Waals surface area (Å²) in [4.78, 5) is 66.1. The number of aliphatic imine (C=N–C) groups is 8. The maximum atomic E-state index is 18.6. The van der Waals surface area contributed by atoms with Crippen molar-refractivity contribution in [2.24, 2.45) is 59.9 Å². The molecule has 0 aliphatic carbocycles. The van der Waals surface area contributed by atoms with Gasteiger partial charge in [0.25, 0.3) is 0 Å². The van der Waals surface area contributed by atoms with Gasteiger partial charge in [-0.1, -0.05) is 212 Å². The molecule has 19 nitrogen and oxygen atoms in total. The molecule has 0 saturated carbocycles. The Hall–Kier alpha value is -11.1. The smallest absolute Gasteiger partial charge is 0.394 e. The molecule has 9 aromatic carbocycles. The largest absolute Gasteiger partial charge is 0.816 e. The van der Waals surface area contributed by atoms with E-state index >= 15 is 4.57 Å². The summed E-state index contributed by atoms with van der Waals surface area (Å²) in [6.45, 7) is 0. The van der Waals surface area contributed by atoms with Crippen molar-refractivity contribution in [2.45, 2.75) is 0 Å². The number of benzene rings is 9. The lowest BCUT2D eigenvalue weighted by molar-refractivity contribution is 0.388. The van der Waals surface area contributed by atoms with Crippen molar-refractivity contribution in [1.29, 1.82) is 0 Å². The van der Waals surface area contributed by atoms with Crippen LogP contribution in [-0.2, 0) is 11.7 Å². The minimum Gasteiger partial charge on any atom is -0.394 e. The third-order valence-corrected chi connectivity index (χ3v) is 26.4. The predicted molar refractivity (Wildman–Crippen MR) is 358 cm³/mol. The molecular weight excluding hydrogens is 1200 g/mol. The van der Waals surface area contributed by atoms with Gasteiger partial charge in [-0.05, 0) is 12.1 Å². The summed E-state index contributed by atoms with van der Waals surface area (Å²) >= 11 is -8.02. The molecule has 22 heteroatoms. The van der Waals surface area contributed by atoms with E-state index in [1.54, 1.807) is 12.1 Å². The molecule has 0 fully saturated rings. The van der Waals surface area contributed by atoms with Crippen molar-refractivity contribution in [3.63, 3.8) is 0 Å². The van der Waals surface area contributed by atoms with Gasteiger partial charge < -0.3 is 21.4 Å². The van der Waals surface area contributed by atoms with E-state index in [-0.39, 0.29) is 5.30 Å². The highest BCUT2D eigenvalue weighted by molar-refractivity contribution is 7.64. The monoisotopic (exact) mass is 1230 g/mol. The number of fused-ring (bicyclic) bond motifs is 28. The van der Waals surface area contributed by atoms with Crippen LogP contribution in [0.2, 0.25) is 0 Å². The Morgan fingerprint density at radius 1 is 0.239 bits per heavy atom. The minimum absolute atomic E-state index is 0.271. The zero-order valence-corrected chi connectivity index (χ0v) is 51.0. The molecular formula is C70H37Al2N16O3P. The lowest BCUT2D eigenvalue weighted by Gasteiger charge is -2.29. The van der Waals surface area contributed by atoms with Gasteiger partial charge in [0.2, 0.25) is 0 Å². The molecule has 4 aromatic heterocycles. The Morgan fingerprint density at radius 3 is 0.717 bits per heavy atom. The highest BCUT2D eigenvalue weighted by Gasteiger charge is 2.53. The van der Waals surface area contributed by atoms with Crippen molar-refractivity contribution in [3.8, 4) is 0 Å². The van der Waals surface area contributed by atoms with Gasteiger partial charge >= 0.3 is 37.4 Å². The Morgan fingerprint density at radius 2 is 0.457 bits per heavy atom. The van der Waals surface area contributed by atoms with Crippen LogP contribution in [0.3, 0.4) is 0 Å². The van der Waals surface area contributed by atoms with Crippen LogP contribution in [0, 0.1) is 0 Å². The Labute approximate surface area is 529 Å². The minimum atomic E-state index is -4.96. The normalized spacial score (nSPS) is 16.2. The standard InChI is InChI=1S/2C32H16N8.C6H7O3P.2Al/c2*1-2-10-18-17(9-1)25-33-26(18)38-28-21-13-5-6-14-22(21)30(35-28)40-32-24-16-8-7-15-23(24)31(36-32)39-29-20-12-4-3-11-19(20)27(34-29)37-25;7-10(8,9)6-4-2-1-3-5-6;;/h2*1-16H;1-5H,(H2,7,8,9);;/q2*-2;;2*+3/p-2. The molecule has 92 heavy (non-hydrogen) atoms. The fraction of sp³-hybridized carbons (Fsp3) is 0. The van der Waals surface area contributed by atoms with Crippen molar-refractivity contribution in [3.05, 3.63) is 291 Å². The van der Waals surface area contributed by atoms with E-state index in [2.05, 4.69) is 0 Å². The highest BCUT2D eigenvalue weighted by atomic mass is 31.2. The summed E-state index contributed by atoms with van der Waals surface area (Å²) < 4.78 is 43.1. The zero-order valence-electron chi connectivity index (χ0n) is 47.8. The molecule has 8 aliphatic heterocycles. The molecule has 0 amide bonds. The van der Waals surface area contributed by atoms with Gasteiger partial charge in [0.15, 0.2) is 46.7 Å². The average molecular weight is 1240 g/mol. The van der Waals surface area contributed by atoms with Crippen molar-refractivity contribution >= 4 is 156 Å². The molecule has 0 atom stereocenters. The van der Waals surface area contributed by atoms with Crippen molar-refractivity contribution in [1.82, 2.24) is 14.2 Å². The molecule has 0 N–H and O–H groups in total. The molecule has 13 aromatic rings. The summed E-state index contributed by atoms with van der Waals surface area (Å²) in [6.07, 6.45) is 0. The maximum Gasteiger partial charge on any atom is 0.816 e. The van der Waals surface area contributed by atoms with Crippen molar-refractivity contribution < 1.29 is 11.7 Å². The first-order chi connectivity index (χ1) is 45.5. The molecule has 426 valence electrons. The second-order valence-electron chi connectivity index (χ2n) is 23.1. The maximum absolute atomic E-state index is 18.6. The van der Waals surface area contributed by atoms with Crippen LogP contribution in [-0.4, -0.2) is 90.7 Å². The van der Waals surface area contributed by atoms with E-state index in [1.165, 1.54) is 0 Å². The first-order valence-corrected chi connectivity index (χ1v) is 34.5. The van der Waals surface area contributed by atoms with E-state index in [4.69, 9.17) is 67.1 Å². The SMILES string of the molecule is O=P([O][Al]1[n]2c3c4ccccc4c2N=C2N=C(N=c4c5ccccc5c([n]41)=NC1=NC(=N3)c3ccccc31)c1ccccc12)([O][Al]1[n]2c3c4ccccc4c2N=C2N=C(N=c4c5ccccc5c([n]41)=NC1=NC(=N3)c3ccccc31)c1ccccc12)c1ccccc1. The average Bonchev–Trinajstić information content (AvgIpc) is 1.55. The topological polar surface area (TPSA) is 204 Å². The van der Waals surface area contributed by atoms with Gasteiger partial charge in [0.1, 0.15) is 45.2 Å². The van der Waals surface area contributed by atoms with Gasteiger partial charge in [-0.25, -0.2) is 59.9 Å². The predicted octanol–water partition coefficient (Wildman–Crippen LogP) is 10.4. The number of hydrogen-bond acceptors (Lipinski definition) is 15. The number of nitrogens with zero attached hydrogens (tertiary/aromatic N) is 16. The quantitative estimate of drug-likeness (QED) is 0.122. The summed E-state index contributed by atoms with van der Waals surface area (Å²) in [5.41, 5.74) is 8.24. The Bertz CT molecular complexity index is 5600. The summed E-state index contributed by atoms with van der Waals surface area (Å²) in [6, 6.07) is 73.3. The van der Waals surface area contributed by atoms with Gasteiger partial charge in [-0.3, -0.25) is 4.57 Å². The molecule has 0 spiro atoms. The molecule has 8 aliphatic rings. The second-order valence-corrected chi connectivity index (χ2v) is 29.6. The Balaban J connectivity index is 0.921. The summed E-state index contributed by atoms with van der Waals surface area (Å²) in [7, 11) is -4.96. The van der Waals surface area contributed by atoms with Gasteiger partial charge in [-0.2, -0.15) is 0 Å². The third-order valence-electron chi connectivity index (χ3n) is 18.1. The fourth-order valence-electron chi connectivity index (χ4n) is 14.0. The molecule has 21 rings (SSSR count). The summed E-state index contributed by atoms with van der Waals surface area (Å²) in [5, 5.41) is 6.25. The van der Waals surface area contributed by atoms with E-state index < -0.39 is 37.4 Å². The van der Waals surface area contributed by atoms with E-state index in [1.807, 2.05) is 227 Å². The highest BCUT2D eigenvalue weighted by Crippen LogP contribution is 2.53. The van der Waals surface area contributed by atoms with E-state index in [0.29, 0.717) is 91.9 Å². The lowest BCUT2D eigenvalue weighted by Crippen LogP contribution is -2.51. The number of rotatable bonds is 5. The van der Waals surface area contributed by atoms with Crippen LogP contribution in [0.5, 0.6) is 0 Å². The molecule has 0 saturated heterocycles. The zero-order chi connectivity index (χ0) is 60.1. The van der Waals surface area contributed by atoms with Crippen LogP contribution in [0.25, 0.3) is 43.1 Å². The summed E-state index contributed by atoms with van der Waals surface area (Å²) in [5.74, 6) is 5.41. The molecule has 0 radical (unpaired) electrons. The van der Waals surface area contributed by atoms with E-state index in [0.717, 1.165) is 87.6 Å². The van der Waals surface area contributed by atoms with Crippen LogP contribution in [0.4, 0.5) is 23.3 Å². The lowest BCUT2D eigenvalue weighted by atomic mass is 10.1. The van der Waals surface area contributed by atoms with E-state index in [9.17, 15) is 0 Å². The first-order valence-electron chi connectivity index (χ1n) is 30.0. The van der Waals surface area contributed by atoms with Crippen LogP contribution >= 0.6 is 7.60 Å². The van der Waals surface area contributed by atoms with Gasteiger partial charge in [-0.15, -0.1) is 0 Å². The molecule has 0 unspecified atom stereocenters. The van der Waals surface area contributed by atoms with Crippen molar-refractivity contribution in [2.75, 3.05) is 0 Å². The van der Waals surface area contributed by atoms with Crippen LogP contribution in [0.1, 0.15) is 44.5 Å². The van der Waals surface area contributed by atoms with Gasteiger partial charge in [0, 0.05) is 87.6 Å². The fourth-order valence-corrected chi connectivity index (χ4v) is 23.3. The van der Waals surface area contributed by atoms with Crippen LogP contribution in [0.15, 0.2) is 284 Å². The molecule has 12 heterocycles. The number of aromatic nitrogens is 4. The molecule has 12 bridgehead atoms. The second kappa shape index (κ2) is 18.8. The first kappa shape index (κ1) is 50.7.